The molecule has 1 saturated heterocycles. The highest BCUT2D eigenvalue weighted by atomic mass is 16.6. The Kier molecular flexibility index (Phi) is 5.54. The van der Waals surface area contributed by atoms with Crippen LogP contribution in [-0.4, -0.2) is 35.1 Å². The minimum Gasteiger partial charge on any atom is -0.392 e. The Labute approximate surface area is 135 Å². The molecule has 7 heteroatoms. The number of hydrogen-bond acceptors (Lipinski definition) is 5. The first-order valence-electron chi connectivity index (χ1n) is 7.86. The maximum atomic E-state index is 11.9. The summed E-state index contributed by atoms with van der Waals surface area (Å²) in [6.45, 7) is 4.75. The van der Waals surface area contributed by atoms with Gasteiger partial charge in [-0.3, -0.25) is 14.9 Å². The van der Waals surface area contributed by atoms with Gasteiger partial charge in [-0.25, -0.2) is 0 Å². The second-order valence-electron chi connectivity index (χ2n) is 6.19. The van der Waals surface area contributed by atoms with E-state index in [0.29, 0.717) is 24.3 Å². The SMILES string of the molecule is CC(C)C(=O)N[C@H]1CCCN(c2cc(CO)ccc2[N+](=O)[O-])C1. The minimum atomic E-state index is -0.410. The smallest absolute Gasteiger partial charge is 0.292 e. The fourth-order valence-corrected chi connectivity index (χ4v) is 2.76. The zero-order chi connectivity index (χ0) is 17.0. The van der Waals surface area contributed by atoms with Gasteiger partial charge in [0.15, 0.2) is 0 Å². The Morgan fingerprint density at radius 1 is 1.52 bits per heavy atom. The molecule has 1 aliphatic rings. The average Bonchev–Trinajstić information content (AvgIpc) is 2.54. The van der Waals surface area contributed by atoms with Gasteiger partial charge in [0, 0.05) is 31.1 Å². The largest absolute Gasteiger partial charge is 0.392 e. The molecule has 1 aromatic carbocycles. The predicted molar refractivity (Wildman–Crippen MR) is 87.2 cm³/mol. The van der Waals surface area contributed by atoms with E-state index in [-0.39, 0.29) is 30.2 Å². The van der Waals surface area contributed by atoms with Crippen LogP contribution >= 0.6 is 0 Å². The van der Waals surface area contributed by atoms with Crippen LogP contribution in [0.25, 0.3) is 0 Å². The van der Waals surface area contributed by atoms with Crippen LogP contribution in [0, 0.1) is 16.0 Å². The molecule has 0 radical (unpaired) electrons. The Balaban J connectivity index is 2.20. The molecule has 0 unspecified atom stereocenters. The van der Waals surface area contributed by atoms with Gasteiger partial charge in [0.1, 0.15) is 5.69 Å². The second kappa shape index (κ2) is 7.41. The zero-order valence-corrected chi connectivity index (χ0v) is 13.5. The van der Waals surface area contributed by atoms with Crippen molar-refractivity contribution >= 4 is 17.3 Å². The van der Waals surface area contributed by atoms with E-state index in [2.05, 4.69) is 5.32 Å². The summed E-state index contributed by atoms with van der Waals surface area (Å²) in [6, 6.07) is 4.63. The van der Waals surface area contributed by atoms with E-state index >= 15 is 0 Å². The molecule has 1 fully saturated rings. The summed E-state index contributed by atoms with van der Waals surface area (Å²) in [5, 5.41) is 23.5. The molecule has 2 N–H and O–H groups in total. The number of anilines is 1. The molecule has 1 aromatic rings. The van der Waals surface area contributed by atoms with Crippen molar-refractivity contribution in [1.82, 2.24) is 5.32 Å². The van der Waals surface area contributed by atoms with E-state index in [1.807, 2.05) is 18.7 Å². The summed E-state index contributed by atoms with van der Waals surface area (Å²) in [6.07, 6.45) is 1.71. The monoisotopic (exact) mass is 321 g/mol. The molecule has 0 bridgehead atoms. The number of nitro groups is 1. The van der Waals surface area contributed by atoms with Crippen molar-refractivity contribution in [3.8, 4) is 0 Å². The summed E-state index contributed by atoms with van der Waals surface area (Å²) in [5.74, 6) is -0.0899. The van der Waals surface area contributed by atoms with Crippen LogP contribution in [0.1, 0.15) is 32.3 Å². The second-order valence-corrected chi connectivity index (χ2v) is 6.19. The average molecular weight is 321 g/mol. The third-order valence-electron chi connectivity index (χ3n) is 4.05. The first-order valence-corrected chi connectivity index (χ1v) is 7.86. The van der Waals surface area contributed by atoms with Crippen molar-refractivity contribution in [2.24, 2.45) is 5.92 Å². The lowest BCUT2D eigenvalue weighted by Crippen LogP contribution is -2.49. The molecule has 126 valence electrons. The number of aliphatic hydroxyl groups excluding tert-OH is 1. The lowest BCUT2D eigenvalue weighted by molar-refractivity contribution is -0.384. The first-order chi connectivity index (χ1) is 10.9. The third kappa shape index (κ3) is 4.19. The topological polar surface area (TPSA) is 95.7 Å². The number of benzene rings is 1. The molecular weight excluding hydrogens is 298 g/mol. The molecule has 1 atom stereocenters. The molecule has 0 aromatic heterocycles. The maximum Gasteiger partial charge on any atom is 0.292 e. The van der Waals surface area contributed by atoms with Gasteiger partial charge < -0.3 is 15.3 Å². The number of nitrogens with zero attached hydrogens (tertiary/aromatic N) is 2. The lowest BCUT2D eigenvalue weighted by Gasteiger charge is -2.35. The van der Waals surface area contributed by atoms with Crippen molar-refractivity contribution in [1.29, 1.82) is 0 Å². The van der Waals surface area contributed by atoms with Crippen LogP contribution in [0.5, 0.6) is 0 Å². The fourth-order valence-electron chi connectivity index (χ4n) is 2.76. The number of nitro benzene ring substituents is 1. The molecule has 1 amide bonds. The summed E-state index contributed by atoms with van der Waals surface area (Å²) in [4.78, 5) is 24.6. The van der Waals surface area contributed by atoms with Crippen molar-refractivity contribution < 1.29 is 14.8 Å². The zero-order valence-electron chi connectivity index (χ0n) is 13.5. The van der Waals surface area contributed by atoms with E-state index in [1.165, 1.54) is 6.07 Å². The van der Waals surface area contributed by atoms with Crippen LogP contribution in [0.3, 0.4) is 0 Å². The van der Waals surface area contributed by atoms with Crippen molar-refractivity contribution in [3.63, 3.8) is 0 Å². The van der Waals surface area contributed by atoms with Crippen LogP contribution in [0.2, 0.25) is 0 Å². The quantitative estimate of drug-likeness (QED) is 0.637. The summed E-state index contributed by atoms with van der Waals surface area (Å²) < 4.78 is 0. The van der Waals surface area contributed by atoms with Crippen LogP contribution in [0.4, 0.5) is 11.4 Å². The molecule has 0 saturated carbocycles. The Bertz CT molecular complexity index is 589. The van der Waals surface area contributed by atoms with Gasteiger partial charge in [0.2, 0.25) is 5.91 Å². The fraction of sp³-hybridized carbons (Fsp3) is 0.562. The number of piperidine rings is 1. The third-order valence-corrected chi connectivity index (χ3v) is 4.05. The Hall–Kier alpha value is -2.15. The van der Waals surface area contributed by atoms with Gasteiger partial charge >= 0.3 is 0 Å². The summed E-state index contributed by atoms with van der Waals surface area (Å²) >= 11 is 0. The van der Waals surface area contributed by atoms with E-state index in [4.69, 9.17) is 0 Å². The number of nitrogens with one attached hydrogen (secondary N) is 1. The van der Waals surface area contributed by atoms with Gasteiger partial charge in [0.25, 0.3) is 5.69 Å². The molecule has 23 heavy (non-hydrogen) atoms. The van der Waals surface area contributed by atoms with Crippen LogP contribution in [0.15, 0.2) is 18.2 Å². The molecule has 1 heterocycles. The molecule has 7 nitrogen and oxygen atoms in total. The van der Waals surface area contributed by atoms with Crippen LogP contribution in [-0.2, 0) is 11.4 Å². The first kappa shape index (κ1) is 17.2. The summed E-state index contributed by atoms with van der Waals surface area (Å²) in [5.41, 5.74) is 1.17. The minimum absolute atomic E-state index is 0.00420. The predicted octanol–water partition coefficient (Wildman–Crippen LogP) is 1.83. The molecule has 2 rings (SSSR count). The maximum absolute atomic E-state index is 11.9. The van der Waals surface area contributed by atoms with Gasteiger partial charge in [-0.2, -0.15) is 0 Å². The number of aliphatic hydroxyl groups is 1. The van der Waals surface area contributed by atoms with E-state index in [1.54, 1.807) is 12.1 Å². The van der Waals surface area contributed by atoms with Crippen molar-refractivity contribution in [3.05, 3.63) is 33.9 Å². The lowest BCUT2D eigenvalue weighted by atomic mass is 10.0. The van der Waals surface area contributed by atoms with Crippen molar-refractivity contribution in [2.45, 2.75) is 39.3 Å². The Morgan fingerprint density at radius 3 is 2.87 bits per heavy atom. The van der Waals surface area contributed by atoms with Gasteiger partial charge in [-0.15, -0.1) is 0 Å². The van der Waals surface area contributed by atoms with Gasteiger partial charge in [-0.05, 0) is 30.5 Å². The van der Waals surface area contributed by atoms with Crippen molar-refractivity contribution in [2.75, 3.05) is 18.0 Å². The molecule has 0 spiro atoms. The van der Waals surface area contributed by atoms with Gasteiger partial charge in [0.05, 0.1) is 11.5 Å². The normalized spacial score (nSPS) is 18.1. The number of carbonyl (C=O) groups is 1. The summed E-state index contributed by atoms with van der Waals surface area (Å²) in [7, 11) is 0. The van der Waals surface area contributed by atoms with E-state index in [9.17, 15) is 20.0 Å². The molecule has 1 aliphatic heterocycles. The number of hydrogen-bond donors (Lipinski definition) is 2. The highest BCUT2D eigenvalue weighted by molar-refractivity contribution is 5.78. The number of amides is 1. The number of rotatable bonds is 5. The molecule has 0 aliphatic carbocycles. The van der Waals surface area contributed by atoms with Crippen LogP contribution < -0.4 is 10.2 Å². The standard InChI is InChI=1S/C16H23N3O4/c1-11(2)16(21)17-13-4-3-7-18(9-13)15-8-12(10-20)5-6-14(15)19(22)23/h5-6,8,11,13,20H,3-4,7,9-10H2,1-2H3,(H,17,21)/t13-/m0/s1. The highest BCUT2D eigenvalue weighted by Crippen LogP contribution is 2.31. The Morgan fingerprint density at radius 2 is 2.26 bits per heavy atom. The van der Waals surface area contributed by atoms with E-state index < -0.39 is 4.92 Å². The highest BCUT2D eigenvalue weighted by Gasteiger charge is 2.27. The number of carbonyl (C=O) groups excluding carboxylic acids is 1. The molecular formula is C16H23N3O4. The van der Waals surface area contributed by atoms with E-state index in [0.717, 1.165) is 12.8 Å². The van der Waals surface area contributed by atoms with Gasteiger partial charge in [-0.1, -0.05) is 13.8 Å².